The van der Waals surface area contributed by atoms with Gasteiger partial charge in [0.05, 0.1) is 13.2 Å². The number of hydrogen-bond donors (Lipinski definition) is 1. The molecule has 19 heavy (non-hydrogen) atoms. The minimum absolute atomic E-state index is 0.127. The van der Waals surface area contributed by atoms with E-state index in [-0.39, 0.29) is 12.6 Å². The van der Waals surface area contributed by atoms with E-state index in [2.05, 4.69) is 0 Å². The number of fused-ring (bicyclic) bond motifs is 1. The summed E-state index contributed by atoms with van der Waals surface area (Å²) < 4.78 is 10.6. The van der Waals surface area contributed by atoms with E-state index in [1.165, 1.54) is 0 Å². The van der Waals surface area contributed by atoms with Gasteiger partial charge in [0, 0.05) is 12.0 Å². The molecule has 3 rings (SSSR count). The molecule has 1 aliphatic heterocycles. The zero-order chi connectivity index (χ0) is 13.2. The first kappa shape index (κ1) is 12.0. The van der Waals surface area contributed by atoms with Crippen molar-refractivity contribution in [2.45, 2.75) is 19.1 Å². The second kappa shape index (κ2) is 4.90. The average Bonchev–Trinajstić information content (AvgIpc) is 2.84. The Morgan fingerprint density at radius 3 is 2.84 bits per heavy atom. The maximum absolute atomic E-state index is 11.4. The minimum atomic E-state index is -0.563. The van der Waals surface area contributed by atoms with Gasteiger partial charge >= 0.3 is 5.97 Å². The molecule has 0 radical (unpaired) electrons. The topological polar surface area (TPSA) is 55.8 Å². The molecule has 0 saturated carbocycles. The van der Waals surface area contributed by atoms with Gasteiger partial charge in [0.1, 0.15) is 5.75 Å². The van der Waals surface area contributed by atoms with Crippen molar-refractivity contribution in [2.24, 2.45) is 0 Å². The van der Waals surface area contributed by atoms with E-state index in [9.17, 15) is 9.90 Å². The zero-order valence-corrected chi connectivity index (χ0v) is 10.3. The SMILES string of the molecule is O=C1OCCC1Oc1ccc2ccccc2c1CO. The molecule has 0 amide bonds. The van der Waals surface area contributed by atoms with Crippen LogP contribution in [-0.4, -0.2) is 23.8 Å². The monoisotopic (exact) mass is 258 g/mol. The van der Waals surface area contributed by atoms with Crippen molar-refractivity contribution < 1.29 is 19.4 Å². The lowest BCUT2D eigenvalue weighted by Gasteiger charge is -2.15. The minimum Gasteiger partial charge on any atom is -0.478 e. The smallest absolute Gasteiger partial charge is 0.347 e. The van der Waals surface area contributed by atoms with E-state index in [1.54, 1.807) is 6.07 Å². The number of cyclic esters (lactones) is 1. The van der Waals surface area contributed by atoms with E-state index in [4.69, 9.17) is 9.47 Å². The first-order valence-corrected chi connectivity index (χ1v) is 6.24. The summed E-state index contributed by atoms with van der Waals surface area (Å²) in [6.07, 6.45) is -0.0113. The van der Waals surface area contributed by atoms with Crippen LogP contribution in [0.3, 0.4) is 0 Å². The van der Waals surface area contributed by atoms with Gasteiger partial charge in [-0.3, -0.25) is 0 Å². The molecular formula is C15H14O4. The van der Waals surface area contributed by atoms with E-state index in [0.717, 1.165) is 10.8 Å². The maximum atomic E-state index is 11.4. The molecule has 2 aromatic carbocycles. The number of carbonyl (C=O) groups excluding carboxylic acids is 1. The molecule has 1 N–H and O–H groups in total. The fraction of sp³-hybridized carbons (Fsp3) is 0.267. The maximum Gasteiger partial charge on any atom is 0.347 e. The van der Waals surface area contributed by atoms with Gasteiger partial charge in [-0.1, -0.05) is 30.3 Å². The Morgan fingerprint density at radius 1 is 1.26 bits per heavy atom. The number of aliphatic hydroxyl groups is 1. The van der Waals surface area contributed by atoms with Crippen LogP contribution in [0.4, 0.5) is 0 Å². The summed E-state index contributed by atoms with van der Waals surface area (Å²) in [5.41, 5.74) is 0.706. The van der Waals surface area contributed by atoms with Gasteiger partial charge < -0.3 is 14.6 Å². The summed E-state index contributed by atoms with van der Waals surface area (Å²) in [6, 6.07) is 11.5. The van der Waals surface area contributed by atoms with Gasteiger partial charge in [-0.05, 0) is 16.8 Å². The van der Waals surface area contributed by atoms with Crippen LogP contribution in [0.1, 0.15) is 12.0 Å². The van der Waals surface area contributed by atoms with E-state index in [0.29, 0.717) is 24.3 Å². The van der Waals surface area contributed by atoms with Gasteiger partial charge in [-0.25, -0.2) is 4.79 Å². The second-order valence-corrected chi connectivity index (χ2v) is 4.48. The van der Waals surface area contributed by atoms with E-state index >= 15 is 0 Å². The van der Waals surface area contributed by atoms with Crippen molar-refractivity contribution in [3.63, 3.8) is 0 Å². The van der Waals surface area contributed by atoms with Crippen LogP contribution in [0.25, 0.3) is 10.8 Å². The fourth-order valence-electron chi connectivity index (χ4n) is 2.33. The lowest BCUT2D eigenvalue weighted by molar-refractivity contribution is -0.143. The number of aliphatic hydroxyl groups excluding tert-OH is 1. The van der Waals surface area contributed by atoms with Crippen LogP contribution in [0.15, 0.2) is 36.4 Å². The number of rotatable bonds is 3. The van der Waals surface area contributed by atoms with Gasteiger partial charge in [0.2, 0.25) is 0 Å². The molecule has 1 saturated heterocycles. The summed E-state index contributed by atoms with van der Waals surface area (Å²) in [5, 5.41) is 11.5. The summed E-state index contributed by atoms with van der Waals surface area (Å²) in [5.74, 6) is 0.210. The largest absolute Gasteiger partial charge is 0.478 e. The number of esters is 1. The van der Waals surface area contributed by atoms with Crippen molar-refractivity contribution in [1.29, 1.82) is 0 Å². The molecule has 2 aromatic rings. The number of ether oxygens (including phenoxy) is 2. The number of benzene rings is 2. The molecular weight excluding hydrogens is 244 g/mol. The predicted octanol–water partition coefficient (Wildman–Crippen LogP) is 2.03. The Balaban J connectivity index is 2.01. The Bertz CT molecular complexity index is 621. The van der Waals surface area contributed by atoms with Crippen LogP contribution in [0, 0.1) is 0 Å². The summed E-state index contributed by atoms with van der Waals surface area (Å²) in [7, 11) is 0. The van der Waals surface area contributed by atoms with Crippen molar-refractivity contribution >= 4 is 16.7 Å². The van der Waals surface area contributed by atoms with Crippen molar-refractivity contribution in [2.75, 3.05) is 6.61 Å². The normalized spacial score (nSPS) is 18.6. The summed E-state index contributed by atoms with van der Waals surface area (Å²) in [6.45, 7) is 0.268. The highest BCUT2D eigenvalue weighted by Crippen LogP contribution is 2.29. The van der Waals surface area contributed by atoms with Crippen molar-refractivity contribution in [1.82, 2.24) is 0 Å². The van der Waals surface area contributed by atoms with E-state index < -0.39 is 6.10 Å². The third kappa shape index (κ3) is 2.15. The van der Waals surface area contributed by atoms with Crippen LogP contribution in [-0.2, 0) is 16.1 Å². The Labute approximate surface area is 110 Å². The molecule has 0 spiro atoms. The van der Waals surface area contributed by atoms with Gasteiger partial charge in [0.15, 0.2) is 6.10 Å². The summed E-state index contributed by atoms with van der Waals surface area (Å²) >= 11 is 0. The molecule has 4 heteroatoms. The highest BCUT2D eigenvalue weighted by molar-refractivity contribution is 5.88. The predicted molar refractivity (Wildman–Crippen MR) is 69.9 cm³/mol. The van der Waals surface area contributed by atoms with Crippen molar-refractivity contribution in [3.05, 3.63) is 42.0 Å². The van der Waals surface area contributed by atoms with Crippen LogP contribution in [0.5, 0.6) is 5.75 Å². The highest BCUT2D eigenvalue weighted by Gasteiger charge is 2.29. The average molecular weight is 258 g/mol. The van der Waals surface area contributed by atoms with Crippen molar-refractivity contribution in [3.8, 4) is 5.75 Å². The highest BCUT2D eigenvalue weighted by atomic mass is 16.6. The van der Waals surface area contributed by atoms with Gasteiger partial charge in [-0.15, -0.1) is 0 Å². The fourth-order valence-corrected chi connectivity index (χ4v) is 2.33. The Hall–Kier alpha value is -2.07. The molecule has 1 unspecified atom stereocenters. The molecule has 98 valence electrons. The number of carbonyl (C=O) groups is 1. The quantitative estimate of drug-likeness (QED) is 0.856. The van der Waals surface area contributed by atoms with Gasteiger partial charge in [-0.2, -0.15) is 0 Å². The molecule has 1 heterocycles. The van der Waals surface area contributed by atoms with Gasteiger partial charge in [0.25, 0.3) is 0 Å². The first-order chi connectivity index (χ1) is 9.29. The lowest BCUT2D eigenvalue weighted by Crippen LogP contribution is -2.22. The van der Waals surface area contributed by atoms with Crippen LogP contribution >= 0.6 is 0 Å². The molecule has 1 fully saturated rings. The standard InChI is InChI=1S/C15H14O4/c16-9-12-11-4-2-1-3-10(11)5-6-13(12)19-14-7-8-18-15(14)17/h1-6,14,16H,7-9H2. The van der Waals surface area contributed by atoms with E-state index in [1.807, 2.05) is 30.3 Å². The molecule has 1 aliphatic rings. The second-order valence-electron chi connectivity index (χ2n) is 4.48. The van der Waals surface area contributed by atoms with Crippen LogP contribution in [0.2, 0.25) is 0 Å². The third-order valence-corrected chi connectivity index (χ3v) is 3.31. The third-order valence-electron chi connectivity index (χ3n) is 3.31. The lowest BCUT2D eigenvalue weighted by atomic mass is 10.0. The Morgan fingerprint density at radius 2 is 2.11 bits per heavy atom. The molecule has 0 bridgehead atoms. The summed E-state index contributed by atoms with van der Waals surface area (Å²) in [4.78, 5) is 11.4. The first-order valence-electron chi connectivity index (χ1n) is 6.24. The molecule has 4 nitrogen and oxygen atoms in total. The molecule has 0 aromatic heterocycles. The zero-order valence-electron chi connectivity index (χ0n) is 10.3. The van der Waals surface area contributed by atoms with Crippen LogP contribution < -0.4 is 4.74 Å². The molecule has 0 aliphatic carbocycles. The Kier molecular flexibility index (Phi) is 3.09. The molecule has 1 atom stereocenters. The number of hydrogen-bond acceptors (Lipinski definition) is 4.